The molecule has 3 unspecified atom stereocenters. The zero-order chi connectivity index (χ0) is 54.0. The van der Waals surface area contributed by atoms with Gasteiger partial charge < -0.3 is 0 Å². The molecule has 392 valence electrons. The number of allylic oxidation sites excluding steroid dienone is 27. The van der Waals surface area contributed by atoms with E-state index in [9.17, 15) is 0 Å². The van der Waals surface area contributed by atoms with Crippen LogP contribution in [0.15, 0.2) is 294 Å². The van der Waals surface area contributed by atoms with Gasteiger partial charge in [-0.15, -0.1) is 0 Å². The Balaban J connectivity index is 1.05. The van der Waals surface area contributed by atoms with Gasteiger partial charge in [0.05, 0.1) is 5.41 Å². The molecule has 0 amide bonds. The fourth-order valence-electron chi connectivity index (χ4n) is 14.1. The first kappa shape index (κ1) is 50.4. The van der Waals surface area contributed by atoms with E-state index in [0.717, 1.165) is 64.2 Å². The Kier molecular flexibility index (Phi) is 13.9. The first-order chi connectivity index (χ1) is 40.2. The second-order valence-corrected chi connectivity index (χ2v) is 22.9. The summed E-state index contributed by atoms with van der Waals surface area (Å²) < 4.78 is 0. The van der Waals surface area contributed by atoms with Crippen LogP contribution in [-0.4, -0.2) is 0 Å². The van der Waals surface area contributed by atoms with E-state index in [1.54, 1.807) is 0 Å². The summed E-state index contributed by atoms with van der Waals surface area (Å²) in [6.45, 7) is 0. The fraction of sp³-hybridized carbons (Fsp3) is 0.160. The molecule has 0 N–H and O–H groups in total. The Morgan fingerprint density at radius 3 is 1.20 bits per heavy atom. The van der Waals surface area contributed by atoms with Crippen molar-refractivity contribution in [2.45, 2.75) is 69.6 Å². The monoisotopic (exact) mass is 1040 g/mol. The topological polar surface area (TPSA) is 0 Å². The van der Waals surface area contributed by atoms with E-state index in [0.29, 0.717) is 11.8 Å². The SMILES string of the molecule is C1=CCCC(C(=Cc2ccc3c(c2)C2(c4cc(C=C(c5ccccc5)c5ccccc5)ccc4-c4ccc(C=C(C5=CC=CCC5)C5C=CC=CC5)cc42)c2cc(C=C(C4=CC=CCC4)C4C=CC=CC4)ccc2-3)C2=CCCC=C2)=C1. The summed E-state index contributed by atoms with van der Waals surface area (Å²) in [5.74, 6) is 0.635. The van der Waals surface area contributed by atoms with Crippen molar-refractivity contribution in [3.8, 4) is 22.3 Å². The van der Waals surface area contributed by atoms with Crippen molar-refractivity contribution in [1.82, 2.24) is 0 Å². The molecule has 8 aliphatic carbocycles. The van der Waals surface area contributed by atoms with Crippen LogP contribution >= 0.6 is 0 Å². The van der Waals surface area contributed by atoms with Gasteiger partial charge >= 0.3 is 0 Å². The molecule has 0 nitrogen and oxygen atoms in total. The van der Waals surface area contributed by atoms with Crippen LogP contribution in [-0.2, 0) is 5.41 Å². The van der Waals surface area contributed by atoms with Gasteiger partial charge in [0.1, 0.15) is 0 Å². The predicted octanol–water partition coefficient (Wildman–Crippen LogP) is 21.1. The molecule has 0 heteroatoms. The molecule has 3 atom stereocenters. The van der Waals surface area contributed by atoms with E-state index in [4.69, 9.17) is 0 Å². The standard InChI is InChI=1S/C81H68/c1-9-25-61(26-10-1)73(62-27-11-2-12-28-62)49-57-41-45-69-70-46-42-58(50-74(63-29-13-3-14-30-63)64-31-15-4-16-32-64)54-78(70)81(77(69)53-57)79-55-59(51-75(65-33-17-5-18-34-65)66-35-19-6-20-36-66)43-47-71(79)72-48-44-60(56-80(72)81)52-76(67-37-21-7-22-38-67)68-39-23-8-24-40-68/h1-7,9-15,17-19,21,23,25-29,31,33,35,37,39-56,63,65H,8,16,20,22,24,30,32,34,36,38H2. The molecule has 0 heterocycles. The highest BCUT2D eigenvalue weighted by Crippen LogP contribution is 2.64. The minimum absolute atomic E-state index is 0.318. The summed E-state index contributed by atoms with van der Waals surface area (Å²) in [4.78, 5) is 0. The zero-order valence-corrected chi connectivity index (χ0v) is 46.3. The number of rotatable bonds is 12. The normalized spacial score (nSPS) is 21.3. The molecule has 14 rings (SSSR count). The number of benzene rings is 6. The van der Waals surface area contributed by atoms with Crippen LogP contribution < -0.4 is 0 Å². The maximum atomic E-state index is 2.60. The lowest BCUT2D eigenvalue weighted by atomic mass is 9.69. The summed E-state index contributed by atoms with van der Waals surface area (Å²) in [7, 11) is 0. The minimum atomic E-state index is -0.644. The van der Waals surface area contributed by atoms with Gasteiger partial charge in [0.2, 0.25) is 0 Å². The molecule has 0 aliphatic heterocycles. The van der Waals surface area contributed by atoms with Crippen LogP contribution in [0.5, 0.6) is 0 Å². The second-order valence-electron chi connectivity index (χ2n) is 22.9. The largest absolute Gasteiger partial charge is 0.0842 e. The average Bonchev–Trinajstić information content (AvgIpc) is 4.07. The summed E-state index contributed by atoms with van der Waals surface area (Å²) >= 11 is 0. The van der Waals surface area contributed by atoms with Gasteiger partial charge in [-0.2, -0.15) is 0 Å². The molecule has 0 bridgehead atoms. The van der Waals surface area contributed by atoms with Crippen molar-refractivity contribution < 1.29 is 0 Å². The zero-order valence-electron chi connectivity index (χ0n) is 46.3. The Morgan fingerprint density at radius 1 is 0.370 bits per heavy atom. The van der Waals surface area contributed by atoms with Gasteiger partial charge in [-0.3, -0.25) is 0 Å². The van der Waals surface area contributed by atoms with E-state index in [1.165, 1.54) is 122 Å². The molecule has 0 fully saturated rings. The van der Waals surface area contributed by atoms with Crippen LogP contribution in [0.25, 0.3) is 52.1 Å². The lowest BCUT2D eigenvalue weighted by Gasteiger charge is -2.31. The Hall–Kier alpha value is -8.84. The minimum Gasteiger partial charge on any atom is -0.0842 e. The first-order valence-corrected chi connectivity index (χ1v) is 29.8. The molecule has 0 aromatic heterocycles. The van der Waals surface area contributed by atoms with Crippen molar-refractivity contribution in [2.75, 3.05) is 0 Å². The summed E-state index contributed by atoms with van der Waals surface area (Å²) in [6, 6.07) is 51.7. The van der Waals surface area contributed by atoms with Gasteiger partial charge in [0, 0.05) is 11.8 Å². The molecule has 0 saturated carbocycles. The fourth-order valence-corrected chi connectivity index (χ4v) is 14.1. The third kappa shape index (κ3) is 9.72. The number of fused-ring (bicyclic) bond motifs is 10. The third-order valence-electron chi connectivity index (χ3n) is 18.0. The smallest absolute Gasteiger partial charge is 0.0726 e. The first-order valence-electron chi connectivity index (χ1n) is 29.8. The van der Waals surface area contributed by atoms with Crippen molar-refractivity contribution in [1.29, 1.82) is 0 Å². The molecule has 81 heavy (non-hydrogen) atoms. The highest BCUT2D eigenvalue weighted by molar-refractivity contribution is 5.98. The summed E-state index contributed by atoms with van der Waals surface area (Å²) in [5, 5.41) is 0. The van der Waals surface area contributed by atoms with Crippen LogP contribution in [0.3, 0.4) is 0 Å². The number of hydrogen-bond acceptors (Lipinski definition) is 0. The van der Waals surface area contributed by atoms with Gasteiger partial charge in [0.15, 0.2) is 0 Å². The van der Waals surface area contributed by atoms with E-state index in [1.807, 2.05) is 0 Å². The summed E-state index contributed by atoms with van der Waals surface area (Å²) in [5.41, 5.74) is 28.4. The van der Waals surface area contributed by atoms with Crippen LogP contribution in [0.4, 0.5) is 0 Å². The molecular formula is C81H68. The maximum Gasteiger partial charge on any atom is 0.0726 e. The Morgan fingerprint density at radius 2 is 0.802 bits per heavy atom. The van der Waals surface area contributed by atoms with Crippen LogP contribution in [0.2, 0.25) is 0 Å². The van der Waals surface area contributed by atoms with Crippen LogP contribution in [0.1, 0.15) is 120 Å². The van der Waals surface area contributed by atoms with Gasteiger partial charge in [-0.05, 0) is 223 Å². The highest BCUT2D eigenvalue weighted by atomic mass is 14.5. The van der Waals surface area contributed by atoms with E-state index in [-0.39, 0.29) is 0 Å². The highest BCUT2D eigenvalue weighted by Gasteiger charge is 2.52. The molecular weight excluding hydrogens is 973 g/mol. The third-order valence-corrected chi connectivity index (χ3v) is 18.0. The maximum absolute atomic E-state index is 2.60. The van der Waals surface area contributed by atoms with Crippen molar-refractivity contribution in [3.63, 3.8) is 0 Å². The van der Waals surface area contributed by atoms with Gasteiger partial charge in [-0.1, -0.05) is 243 Å². The van der Waals surface area contributed by atoms with Crippen molar-refractivity contribution in [3.05, 3.63) is 350 Å². The molecule has 6 aromatic rings. The molecule has 0 radical (unpaired) electrons. The van der Waals surface area contributed by atoms with Gasteiger partial charge in [0.25, 0.3) is 0 Å². The lowest BCUT2D eigenvalue weighted by molar-refractivity contribution is 0.761. The van der Waals surface area contributed by atoms with Crippen molar-refractivity contribution in [2.24, 2.45) is 11.8 Å². The molecule has 0 saturated heterocycles. The van der Waals surface area contributed by atoms with E-state index < -0.39 is 5.41 Å². The van der Waals surface area contributed by atoms with E-state index in [2.05, 4.69) is 279 Å². The lowest BCUT2D eigenvalue weighted by Crippen LogP contribution is -2.26. The van der Waals surface area contributed by atoms with E-state index >= 15 is 0 Å². The molecule has 1 spiro atoms. The predicted molar refractivity (Wildman–Crippen MR) is 345 cm³/mol. The Bertz CT molecular complexity index is 3880. The quantitative estimate of drug-likeness (QED) is 0.107. The molecule has 6 aromatic carbocycles. The van der Waals surface area contributed by atoms with Crippen molar-refractivity contribution >= 4 is 29.9 Å². The number of hydrogen-bond donors (Lipinski definition) is 0. The van der Waals surface area contributed by atoms with Gasteiger partial charge in [-0.25, -0.2) is 0 Å². The Labute approximate surface area is 480 Å². The average molecular weight is 1040 g/mol. The molecule has 8 aliphatic rings. The second kappa shape index (κ2) is 22.4. The van der Waals surface area contributed by atoms with Crippen LogP contribution in [0, 0.1) is 11.8 Å². The summed E-state index contributed by atoms with van der Waals surface area (Å²) in [6.07, 6.45) is 66.9.